The van der Waals surface area contributed by atoms with Crippen LogP contribution < -0.4 is 14.4 Å². The van der Waals surface area contributed by atoms with Gasteiger partial charge in [-0.2, -0.15) is 0 Å². The fourth-order valence-corrected chi connectivity index (χ4v) is 3.59. The highest BCUT2D eigenvalue weighted by Crippen LogP contribution is 2.29. The largest absolute Gasteiger partial charge is 0.493 e. The van der Waals surface area contributed by atoms with Crippen molar-refractivity contribution < 1.29 is 14.3 Å². The van der Waals surface area contributed by atoms with E-state index < -0.39 is 0 Å². The summed E-state index contributed by atoms with van der Waals surface area (Å²) in [6.07, 6.45) is 5.59. The minimum Gasteiger partial charge on any atom is -0.493 e. The normalized spacial score (nSPS) is 14.2. The van der Waals surface area contributed by atoms with Crippen LogP contribution in [-0.4, -0.2) is 50.7 Å². The van der Waals surface area contributed by atoms with Gasteiger partial charge in [0.25, 0.3) is 0 Å². The lowest BCUT2D eigenvalue weighted by Crippen LogP contribution is -2.48. The Morgan fingerprint density at radius 2 is 1.83 bits per heavy atom. The van der Waals surface area contributed by atoms with Gasteiger partial charge < -0.3 is 19.3 Å². The van der Waals surface area contributed by atoms with E-state index in [1.165, 1.54) is 11.3 Å². The van der Waals surface area contributed by atoms with Crippen LogP contribution in [0.25, 0.3) is 6.08 Å². The van der Waals surface area contributed by atoms with E-state index in [0.717, 1.165) is 50.3 Å². The Hall–Kier alpha value is -2.95. The Balaban J connectivity index is 1.56. The predicted molar refractivity (Wildman–Crippen MR) is 122 cm³/mol. The first kappa shape index (κ1) is 21.8. The maximum atomic E-state index is 12.6. The SMILES string of the molecule is CCCCOc1ccc(/C=C/C(=O)N2CCN(c3ccccc3C)CC2)cc1OC. The van der Waals surface area contributed by atoms with Gasteiger partial charge in [-0.25, -0.2) is 0 Å². The van der Waals surface area contributed by atoms with Crippen LogP contribution in [0.15, 0.2) is 48.5 Å². The molecule has 0 unspecified atom stereocenters. The molecule has 3 rings (SSSR count). The number of anilines is 1. The van der Waals surface area contributed by atoms with Crippen molar-refractivity contribution >= 4 is 17.7 Å². The van der Waals surface area contributed by atoms with E-state index in [2.05, 4.69) is 43.0 Å². The van der Waals surface area contributed by atoms with Crippen molar-refractivity contribution in [1.29, 1.82) is 0 Å². The fourth-order valence-electron chi connectivity index (χ4n) is 3.59. The van der Waals surface area contributed by atoms with Crippen LogP contribution in [0.4, 0.5) is 5.69 Å². The molecule has 0 radical (unpaired) electrons. The summed E-state index contributed by atoms with van der Waals surface area (Å²) in [6.45, 7) is 8.09. The van der Waals surface area contributed by atoms with E-state index in [1.54, 1.807) is 13.2 Å². The Labute approximate surface area is 179 Å². The van der Waals surface area contributed by atoms with Crippen LogP contribution in [0.3, 0.4) is 0 Å². The maximum Gasteiger partial charge on any atom is 0.246 e. The lowest BCUT2D eigenvalue weighted by atomic mass is 10.1. The number of unbranched alkanes of at least 4 members (excludes halogenated alkanes) is 1. The van der Waals surface area contributed by atoms with Crippen molar-refractivity contribution in [3.63, 3.8) is 0 Å². The number of amides is 1. The Morgan fingerprint density at radius 1 is 1.07 bits per heavy atom. The molecule has 1 amide bonds. The number of hydrogen-bond acceptors (Lipinski definition) is 4. The third-order valence-electron chi connectivity index (χ3n) is 5.41. The smallest absolute Gasteiger partial charge is 0.246 e. The number of carbonyl (C=O) groups excluding carboxylic acids is 1. The topological polar surface area (TPSA) is 42.0 Å². The first-order valence-corrected chi connectivity index (χ1v) is 10.7. The molecule has 0 bridgehead atoms. The standard InChI is InChI=1S/C25H32N2O3/c1-4-5-18-30-23-12-10-21(19-24(23)29-3)11-13-25(28)27-16-14-26(15-17-27)22-9-7-6-8-20(22)2/h6-13,19H,4-5,14-18H2,1-3H3/b13-11+. The Morgan fingerprint density at radius 3 is 2.53 bits per heavy atom. The van der Waals surface area contributed by atoms with Gasteiger partial charge >= 0.3 is 0 Å². The molecule has 5 nitrogen and oxygen atoms in total. The van der Waals surface area contributed by atoms with E-state index in [1.807, 2.05) is 29.2 Å². The zero-order valence-corrected chi connectivity index (χ0v) is 18.3. The predicted octanol–water partition coefficient (Wildman–Crippen LogP) is 4.54. The lowest BCUT2D eigenvalue weighted by molar-refractivity contribution is -0.126. The molecule has 1 aliphatic rings. The molecule has 1 aliphatic heterocycles. The number of rotatable bonds is 8. The molecule has 30 heavy (non-hydrogen) atoms. The second-order valence-corrected chi connectivity index (χ2v) is 7.54. The molecule has 0 aliphatic carbocycles. The number of aryl methyl sites for hydroxylation is 1. The molecule has 160 valence electrons. The summed E-state index contributed by atoms with van der Waals surface area (Å²) in [7, 11) is 1.63. The number of piperazine rings is 1. The van der Waals surface area contributed by atoms with Gasteiger partial charge in [0.05, 0.1) is 13.7 Å². The molecule has 5 heteroatoms. The summed E-state index contributed by atoms with van der Waals surface area (Å²) in [6, 6.07) is 14.2. The number of benzene rings is 2. The Bertz CT molecular complexity index is 870. The summed E-state index contributed by atoms with van der Waals surface area (Å²) >= 11 is 0. The van der Waals surface area contributed by atoms with E-state index in [4.69, 9.17) is 9.47 Å². The van der Waals surface area contributed by atoms with Crippen molar-refractivity contribution in [2.45, 2.75) is 26.7 Å². The van der Waals surface area contributed by atoms with Crippen LogP contribution in [0, 0.1) is 6.92 Å². The number of nitrogens with zero attached hydrogens (tertiary/aromatic N) is 2. The van der Waals surface area contributed by atoms with Gasteiger partial charge in [-0.1, -0.05) is 37.6 Å². The number of ether oxygens (including phenoxy) is 2. The molecule has 1 heterocycles. The summed E-state index contributed by atoms with van der Waals surface area (Å²) in [4.78, 5) is 16.9. The zero-order valence-electron chi connectivity index (χ0n) is 18.3. The molecule has 0 spiro atoms. The zero-order chi connectivity index (χ0) is 21.3. The van der Waals surface area contributed by atoms with E-state index in [0.29, 0.717) is 12.4 Å². The van der Waals surface area contributed by atoms with Crippen molar-refractivity contribution in [2.75, 3.05) is 44.8 Å². The summed E-state index contributed by atoms with van der Waals surface area (Å²) in [5.74, 6) is 1.47. The number of methoxy groups -OCH3 is 1. The second-order valence-electron chi connectivity index (χ2n) is 7.54. The quantitative estimate of drug-likeness (QED) is 0.475. The maximum absolute atomic E-state index is 12.6. The summed E-state index contributed by atoms with van der Waals surface area (Å²) in [5.41, 5.74) is 3.45. The lowest BCUT2D eigenvalue weighted by Gasteiger charge is -2.36. The molecule has 0 N–H and O–H groups in total. The highest BCUT2D eigenvalue weighted by molar-refractivity contribution is 5.92. The van der Waals surface area contributed by atoms with Gasteiger partial charge in [-0.15, -0.1) is 0 Å². The molecule has 0 saturated carbocycles. The first-order chi connectivity index (χ1) is 14.6. The summed E-state index contributed by atoms with van der Waals surface area (Å²) < 4.78 is 11.2. The minimum atomic E-state index is 0.0432. The van der Waals surface area contributed by atoms with Gasteiger partial charge in [0.15, 0.2) is 11.5 Å². The molecule has 2 aromatic carbocycles. The van der Waals surface area contributed by atoms with Crippen molar-refractivity contribution in [2.24, 2.45) is 0 Å². The first-order valence-electron chi connectivity index (χ1n) is 10.7. The molecule has 1 fully saturated rings. The Kier molecular flexibility index (Phi) is 7.77. The van der Waals surface area contributed by atoms with Crippen LogP contribution in [-0.2, 0) is 4.79 Å². The molecule has 0 aromatic heterocycles. The minimum absolute atomic E-state index is 0.0432. The third-order valence-corrected chi connectivity index (χ3v) is 5.41. The fraction of sp³-hybridized carbons (Fsp3) is 0.400. The van der Waals surface area contributed by atoms with Crippen LogP contribution in [0.2, 0.25) is 0 Å². The highest BCUT2D eigenvalue weighted by atomic mass is 16.5. The van der Waals surface area contributed by atoms with Gasteiger partial charge in [0.2, 0.25) is 5.91 Å². The molecule has 1 saturated heterocycles. The number of carbonyl (C=O) groups is 1. The molecule has 0 atom stereocenters. The van der Waals surface area contributed by atoms with Gasteiger partial charge in [0, 0.05) is 37.9 Å². The number of para-hydroxylation sites is 1. The number of hydrogen-bond donors (Lipinski definition) is 0. The van der Waals surface area contributed by atoms with Crippen LogP contribution in [0.1, 0.15) is 30.9 Å². The molecule has 2 aromatic rings. The van der Waals surface area contributed by atoms with Crippen LogP contribution in [0.5, 0.6) is 11.5 Å². The van der Waals surface area contributed by atoms with E-state index in [-0.39, 0.29) is 5.91 Å². The van der Waals surface area contributed by atoms with Gasteiger partial charge in [0.1, 0.15) is 0 Å². The second kappa shape index (κ2) is 10.7. The highest BCUT2D eigenvalue weighted by Gasteiger charge is 2.20. The van der Waals surface area contributed by atoms with Crippen molar-refractivity contribution in [3.05, 3.63) is 59.7 Å². The van der Waals surface area contributed by atoms with E-state index in [9.17, 15) is 4.79 Å². The molecular formula is C25H32N2O3. The monoisotopic (exact) mass is 408 g/mol. The molecular weight excluding hydrogens is 376 g/mol. The van der Waals surface area contributed by atoms with Gasteiger partial charge in [-0.05, 0) is 48.7 Å². The van der Waals surface area contributed by atoms with Crippen molar-refractivity contribution in [3.8, 4) is 11.5 Å². The van der Waals surface area contributed by atoms with E-state index >= 15 is 0 Å². The third kappa shape index (κ3) is 5.56. The average molecular weight is 409 g/mol. The van der Waals surface area contributed by atoms with Gasteiger partial charge in [-0.3, -0.25) is 4.79 Å². The average Bonchev–Trinajstić information content (AvgIpc) is 2.78. The summed E-state index contributed by atoms with van der Waals surface area (Å²) in [5, 5.41) is 0. The van der Waals surface area contributed by atoms with Crippen molar-refractivity contribution in [1.82, 2.24) is 4.90 Å². The van der Waals surface area contributed by atoms with Crippen LogP contribution >= 0.6 is 0 Å².